The van der Waals surface area contributed by atoms with E-state index in [4.69, 9.17) is 11.1 Å². The molecule has 2 heterocycles. The number of aryl methyl sites for hydroxylation is 1. The summed E-state index contributed by atoms with van der Waals surface area (Å²) in [5, 5.41) is 25.8. The number of amidine groups is 1. The Bertz CT molecular complexity index is 1420. The summed E-state index contributed by atoms with van der Waals surface area (Å²) in [5.74, 6) is -2.65. The monoisotopic (exact) mass is 530 g/mol. The van der Waals surface area contributed by atoms with Crippen LogP contribution in [-0.4, -0.2) is 63.0 Å². The molecular weight excluding hydrogens is 500 g/mol. The van der Waals surface area contributed by atoms with Crippen LogP contribution in [-0.2, 0) is 16.0 Å². The zero-order valence-corrected chi connectivity index (χ0v) is 21.2. The van der Waals surface area contributed by atoms with E-state index >= 15 is 0 Å². The molecule has 11 heteroatoms. The zero-order valence-electron chi connectivity index (χ0n) is 21.2. The van der Waals surface area contributed by atoms with Crippen LogP contribution in [0.4, 0.5) is 0 Å². The summed E-state index contributed by atoms with van der Waals surface area (Å²) in [4.78, 5) is 51.3. The fourth-order valence-corrected chi connectivity index (χ4v) is 4.79. The van der Waals surface area contributed by atoms with Crippen LogP contribution in [0, 0.1) is 11.3 Å². The molecule has 0 unspecified atom stereocenters. The van der Waals surface area contributed by atoms with E-state index < -0.39 is 23.4 Å². The third-order valence-corrected chi connectivity index (χ3v) is 6.80. The number of nitrogens with two attached hydrogens (primary N) is 1. The number of nitrogens with one attached hydrogen (secondary N) is 3. The molecule has 0 radical (unpaired) electrons. The van der Waals surface area contributed by atoms with Gasteiger partial charge >= 0.3 is 5.97 Å². The lowest BCUT2D eigenvalue weighted by atomic mass is 10.0. The number of hydrogen-bond donors (Lipinski definition) is 5. The predicted octanol–water partition coefficient (Wildman–Crippen LogP) is 1.78. The number of carboxylic acids is 1. The Kier molecular flexibility index (Phi) is 8.50. The van der Waals surface area contributed by atoms with Crippen molar-refractivity contribution in [3.8, 4) is 11.3 Å². The minimum Gasteiger partial charge on any atom is -0.481 e. The molecule has 3 aromatic rings. The van der Waals surface area contributed by atoms with Gasteiger partial charge in [0.05, 0.1) is 18.0 Å². The average molecular weight is 531 g/mol. The summed E-state index contributed by atoms with van der Waals surface area (Å²) in [6.45, 7) is 0.511. The number of amides is 2. The number of aromatic amines is 1. The minimum atomic E-state index is -1.05. The lowest BCUT2D eigenvalue weighted by Crippen LogP contribution is -2.43. The zero-order chi connectivity index (χ0) is 27.9. The van der Waals surface area contributed by atoms with Gasteiger partial charge < -0.3 is 21.1 Å². The third-order valence-electron chi connectivity index (χ3n) is 6.80. The Labute approximate surface area is 224 Å². The molecule has 0 aliphatic carbocycles. The number of benzene rings is 2. The van der Waals surface area contributed by atoms with Gasteiger partial charge in [0.2, 0.25) is 5.91 Å². The Morgan fingerprint density at radius 2 is 1.85 bits per heavy atom. The second-order valence-electron chi connectivity index (χ2n) is 9.50. The fourth-order valence-electron chi connectivity index (χ4n) is 4.79. The van der Waals surface area contributed by atoms with Crippen molar-refractivity contribution in [3.63, 3.8) is 0 Å². The first-order valence-electron chi connectivity index (χ1n) is 12.6. The van der Waals surface area contributed by atoms with E-state index in [-0.39, 0.29) is 36.3 Å². The summed E-state index contributed by atoms with van der Waals surface area (Å²) >= 11 is 0. The van der Waals surface area contributed by atoms with Crippen molar-refractivity contribution in [1.29, 1.82) is 5.41 Å². The van der Waals surface area contributed by atoms with Crippen LogP contribution in [0.1, 0.15) is 40.7 Å². The van der Waals surface area contributed by atoms with Gasteiger partial charge in [-0.05, 0) is 30.9 Å². The lowest BCUT2D eigenvalue weighted by Gasteiger charge is -2.25. The molecule has 2 aromatic carbocycles. The first-order valence-corrected chi connectivity index (χ1v) is 12.6. The Hall–Kier alpha value is -4.80. The van der Waals surface area contributed by atoms with Crippen LogP contribution in [0.5, 0.6) is 0 Å². The van der Waals surface area contributed by atoms with E-state index in [0.717, 1.165) is 12.0 Å². The molecule has 39 heavy (non-hydrogen) atoms. The van der Waals surface area contributed by atoms with Gasteiger partial charge in [-0.15, -0.1) is 0 Å². The third kappa shape index (κ3) is 6.75. The number of nitrogens with zero attached hydrogens (tertiary/aromatic N) is 2. The maximum absolute atomic E-state index is 13.0. The van der Waals surface area contributed by atoms with Crippen molar-refractivity contribution >= 4 is 23.6 Å². The number of aliphatic carboxylic acids is 1. The molecule has 1 saturated heterocycles. The minimum absolute atomic E-state index is 0.0798. The predicted molar refractivity (Wildman–Crippen MR) is 144 cm³/mol. The summed E-state index contributed by atoms with van der Waals surface area (Å²) in [6, 6.07) is 17.5. The number of carboxylic acid groups (broad SMARTS) is 1. The van der Waals surface area contributed by atoms with E-state index in [1.165, 1.54) is 6.07 Å². The molecule has 0 saturated carbocycles. The van der Waals surface area contributed by atoms with Crippen LogP contribution in [0.15, 0.2) is 65.5 Å². The van der Waals surface area contributed by atoms with E-state index in [0.29, 0.717) is 36.2 Å². The van der Waals surface area contributed by atoms with Gasteiger partial charge in [-0.2, -0.15) is 5.10 Å². The highest BCUT2D eigenvalue weighted by atomic mass is 16.4. The number of nitrogen functional groups attached to an aromatic ring is 1. The lowest BCUT2D eigenvalue weighted by molar-refractivity contribution is -0.142. The first-order chi connectivity index (χ1) is 18.7. The number of H-pyrrole nitrogens is 1. The van der Waals surface area contributed by atoms with E-state index in [2.05, 4.69) is 15.5 Å². The molecule has 6 N–H and O–H groups in total. The van der Waals surface area contributed by atoms with Crippen molar-refractivity contribution in [3.05, 3.63) is 87.7 Å². The van der Waals surface area contributed by atoms with Crippen LogP contribution in [0.2, 0.25) is 0 Å². The number of carbonyl (C=O) groups is 3. The van der Waals surface area contributed by atoms with E-state index in [9.17, 15) is 24.3 Å². The van der Waals surface area contributed by atoms with Gasteiger partial charge in [-0.3, -0.25) is 24.6 Å². The smallest absolute Gasteiger partial charge is 0.304 e. The second kappa shape index (κ2) is 12.2. The normalized spacial score (nSPS) is 16.7. The number of rotatable bonds is 11. The van der Waals surface area contributed by atoms with Gasteiger partial charge in [0.15, 0.2) is 0 Å². The molecule has 1 aliphatic rings. The second-order valence-corrected chi connectivity index (χ2v) is 9.50. The van der Waals surface area contributed by atoms with Gasteiger partial charge in [0.25, 0.3) is 11.5 Å². The topological polar surface area (TPSA) is 182 Å². The van der Waals surface area contributed by atoms with Crippen molar-refractivity contribution in [1.82, 2.24) is 20.4 Å². The van der Waals surface area contributed by atoms with Gasteiger partial charge in [0, 0.05) is 30.3 Å². The summed E-state index contributed by atoms with van der Waals surface area (Å²) in [5.41, 5.74) is 7.33. The molecule has 202 valence electrons. The van der Waals surface area contributed by atoms with Gasteiger partial charge in [-0.25, -0.2) is 5.10 Å². The SMILES string of the molecule is N=C(N)c1ccc(-c2cc(C(=O)NC[C@@H]3C[C@@H](CC(=O)O)C(=O)N3CCCc3ccccc3)c(=O)[nH]n2)cc1. The number of carbonyl (C=O) groups excluding carboxylic acids is 2. The number of likely N-dealkylation sites (tertiary alicyclic amines) is 1. The molecule has 0 bridgehead atoms. The Morgan fingerprint density at radius 3 is 2.51 bits per heavy atom. The maximum atomic E-state index is 13.0. The highest BCUT2D eigenvalue weighted by Crippen LogP contribution is 2.28. The quantitative estimate of drug-likeness (QED) is 0.185. The van der Waals surface area contributed by atoms with E-state index in [1.54, 1.807) is 29.2 Å². The molecule has 1 fully saturated rings. The highest BCUT2D eigenvalue weighted by Gasteiger charge is 2.40. The van der Waals surface area contributed by atoms with Crippen molar-refractivity contribution in [2.24, 2.45) is 11.7 Å². The molecule has 1 aromatic heterocycles. The van der Waals surface area contributed by atoms with Crippen molar-refractivity contribution in [2.45, 2.75) is 31.7 Å². The van der Waals surface area contributed by atoms with E-state index in [1.807, 2.05) is 30.3 Å². The van der Waals surface area contributed by atoms with Crippen LogP contribution in [0.25, 0.3) is 11.3 Å². The summed E-state index contributed by atoms with van der Waals surface area (Å²) in [6.07, 6.45) is 1.48. The maximum Gasteiger partial charge on any atom is 0.304 e. The van der Waals surface area contributed by atoms with Gasteiger partial charge in [0.1, 0.15) is 11.4 Å². The van der Waals surface area contributed by atoms with Crippen LogP contribution in [0.3, 0.4) is 0 Å². The Balaban J connectivity index is 1.44. The molecule has 0 spiro atoms. The van der Waals surface area contributed by atoms with Crippen molar-refractivity contribution < 1.29 is 19.5 Å². The molecule has 4 rings (SSSR count). The molecule has 2 amide bonds. The standard InChI is InChI=1S/C28H30N6O5/c29-25(30)19-10-8-18(9-11-19)23-15-22(27(38)33-32-23)26(37)31-16-21-13-20(14-24(35)36)28(39)34(21)12-4-7-17-5-2-1-3-6-17/h1-3,5-6,8-11,15,20-21H,4,7,12-14,16H2,(H3,29,30)(H,31,37)(H,33,38)(H,35,36)/t20-,21-/m0/s1. The largest absolute Gasteiger partial charge is 0.481 e. The van der Waals surface area contributed by atoms with Crippen LogP contribution >= 0.6 is 0 Å². The molecule has 2 atom stereocenters. The van der Waals surface area contributed by atoms with Gasteiger partial charge in [-0.1, -0.05) is 54.6 Å². The van der Waals surface area contributed by atoms with Crippen LogP contribution < -0.4 is 16.6 Å². The average Bonchev–Trinajstić information content (AvgIpc) is 3.21. The fraction of sp³-hybridized carbons (Fsp3) is 0.286. The molecule has 11 nitrogen and oxygen atoms in total. The highest BCUT2D eigenvalue weighted by molar-refractivity contribution is 5.96. The van der Waals surface area contributed by atoms with Crippen molar-refractivity contribution in [2.75, 3.05) is 13.1 Å². The number of aromatic nitrogens is 2. The summed E-state index contributed by atoms with van der Waals surface area (Å²) in [7, 11) is 0. The molecule has 1 aliphatic heterocycles. The number of hydrogen-bond acceptors (Lipinski definition) is 6. The summed E-state index contributed by atoms with van der Waals surface area (Å²) < 4.78 is 0. The Morgan fingerprint density at radius 1 is 1.13 bits per heavy atom. The molecular formula is C28H30N6O5. The first kappa shape index (κ1) is 27.2.